The third-order valence-electron chi connectivity index (χ3n) is 2.34. The lowest BCUT2D eigenvalue weighted by molar-refractivity contribution is -0.141. The Hall–Kier alpha value is -1.61. The fourth-order valence-electron chi connectivity index (χ4n) is 1.34. The van der Waals surface area contributed by atoms with Crippen LogP contribution in [0.4, 0.5) is 24.9 Å². The van der Waals surface area contributed by atoms with Gasteiger partial charge in [-0.25, -0.2) is 4.98 Å². The number of aliphatic hydroxyl groups excluding tert-OH is 2. The van der Waals surface area contributed by atoms with Gasteiger partial charge in [0.2, 0.25) is 5.95 Å². The maximum atomic E-state index is 12.7. The zero-order chi connectivity index (χ0) is 15.2. The maximum absolute atomic E-state index is 12.7. The van der Waals surface area contributed by atoms with Crippen LogP contribution in [0.5, 0.6) is 0 Å². The molecule has 1 heterocycles. The van der Waals surface area contributed by atoms with Gasteiger partial charge in [0, 0.05) is 12.6 Å². The molecule has 0 aliphatic heterocycles. The van der Waals surface area contributed by atoms with Gasteiger partial charge >= 0.3 is 6.18 Å². The van der Waals surface area contributed by atoms with Gasteiger partial charge in [0.1, 0.15) is 5.82 Å². The first-order valence-electron chi connectivity index (χ1n) is 6.09. The minimum atomic E-state index is -4.60. The lowest BCUT2D eigenvalue weighted by Crippen LogP contribution is -2.28. The minimum absolute atomic E-state index is 0.112. The van der Waals surface area contributed by atoms with Crippen molar-refractivity contribution in [1.29, 1.82) is 0 Å². The second-order valence-corrected chi connectivity index (χ2v) is 4.09. The smallest absolute Gasteiger partial charge is 0.394 e. The lowest BCUT2D eigenvalue weighted by Gasteiger charge is -2.16. The Morgan fingerprint density at radius 3 is 2.40 bits per heavy atom. The van der Waals surface area contributed by atoms with E-state index >= 15 is 0 Å². The first-order chi connectivity index (χ1) is 9.40. The fraction of sp³-hybridized carbons (Fsp3) is 0.636. The highest BCUT2D eigenvalue weighted by Gasteiger charge is 2.33. The van der Waals surface area contributed by atoms with Crippen LogP contribution in [-0.4, -0.2) is 46.0 Å². The molecular weight excluding hydrogens is 277 g/mol. The van der Waals surface area contributed by atoms with E-state index < -0.39 is 31.1 Å². The molecule has 0 radical (unpaired) electrons. The number of alkyl halides is 3. The van der Waals surface area contributed by atoms with Crippen LogP contribution in [-0.2, 0) is 6.18 Å². The zero-order valence-corrected chi connectivity index (χ0v) is 10.9. The molecule has 1 aromatic heterocycles. The molecule has 20 heavy (non-hydrogen) atoms. The average molecular weight is 294 g/mol. The molecule has 1 rings (SSSR count). The molecule has 0 amide bonds. The average Bonchev–Trinajstić information content (AvgIpc) is 2.41. The highest BCUT2D eigenvalue weighted by Crippen LogP contribution is 2.29. The predicted molar refractivity (Wildman–Crippen MR) is 67.4 cm³/mol. The fourth-order valence-corrected chi connectivity index (χ4v) is 1.34. The number of hydrogen-bond donors (Lipinski definition) is 4. The Morgan fingerprint density at radius 1 is 1.25 bits per heavy atom. The molecule has 114 valence electrons. The van der Waals surface area contributed by atoms with Crippen LogP contribution in [0.15, 0.2) is 6.07 Å². The second kappa shape index (κ2) is 7.25. The normalized spacial score (nSPS) is 11.8. The number of halogens is 3. The van der Waals surface area contributed by atoms with E-state index in [0.29, 0.717) is 13.0 Å². The van der Waals surface area contributed by atoms with Crippen molar-refractivity contribution in [2.75, 3.05) is 30.4 Å². The summed E-state index contributed by atoms with van der Waals surface area (Å²) in [4.78, 5) is 7.25. The van der Waals surface area contributed by atoms with Gasteiger partial charge < -0.3 is 20.8 Å². The summed E-state index contributed by atoms with van der Waals surface area (Å²) >= 11 is 0. The summed E-state index contributed by atoms with van der Waals surface area (Å²) in [5.41, 5.74) is -1.09. The molecule has 0 bridgehead atoms. The number of rotatable bonds is 7. The molecule has 0 aliphatic rings. The molecule has 0 unspecified atom stereocenters. The van der Waals surface area contributed by atoms with Crippen molar-refractivity contribution in [2.45, 2.75) is 25.6 Å². The number of nitrogens with one attached hydrogen (secondary N) is 2. The molecule has 0 fully saturated rings. The van der Waals surface area contributed by atoms with Gasteiger partial charge in [-0.3, -0.25) is 0 Å². The summed E-state index contributed by atoms with van der Waals surface area (Å²) in [5, 5.41) is 23.0. The van der Waals surface area contributed by atoms with Gasteiger partial charge in [-0.1, -0.05) is 6.92 Å². The van der Waals surface area contributed by atoms with Crippen LogP contribution in [0.2, 0.25) is 0 Å². The van der Waals surface area contributed by atoms with E-state index in [1.165, 1.54) is 0 Å². The summed E-state index contributed by atoms with van der Waals surface area (Å²) in [6, 6.07) is -0.0554. The van der Waals surface area contributed by atoms with Gasteiger partial charge in [-0.2, -0.15) is 18.2 Å². The molecule has 6 nitrogen and oxygen atoms in total. The summed E-state index contributed by atoms with van der Waals surface area (Å²) in [6.45, 7) is 1.43. The predicted octanol–water partition coefficient (Wildman–Crippen LogP) is 1.08. The summed E-state index contributed by atoms with van der Waals surface area (Å²) < 4.78 is 38.2. The van der Waals surface area contributed by atoms with Crippen LogP contribution < -0.4 is 10.6 Å². The Morgan fingerprint density at radius 2 is 1.90 bits per heavy atom. The summed E-state index contributed by atoms with van der Waals surface area (Å²) in [5.74, 6) is -0.266. The first-order valence-corrected chi connectivity index (χ1v) is 6.09. The number of aliphatic hydroxyl groups is 2. The monoisotopic (exact) mass is 294 g/mol. The topological polar surface area (TPSA) is 90.3 Å². The molecule has 0 saturated carbocycles. The number of nitrogens with zero attached hydrogens (tertiary/aromatic N) is 2. The molecule has 0 spiro atoms. The first kappa shape index (κ1) is 16.4. The van der Waals surface area contributed by atoms with Crippen molar-refractivity contribution in [2.24, 2.45) is 0 Å². The van der Waals surface area contributed by atoms with Gasteiger partial charge in [0.25, 0.3) is 0 Å². The highest BCUT2D eigenvalue weighted by molar-refractivity contribution is 5.43. The molecule has 0 atom stereocenters. The van der Waals surface area contributed by atoms with Crippen molar-refractivity contribution in [3.05, 3.63) is 11.8 Å². The summed E-state index contributed by atoms with van der Waals surface area (Å²) in [7, 11) is 0. The highest BCUT2D eigenvalue weighted by atomic mass is 19.4. The SMILES string of the molecule is CCCNc1nc(NC(CO)CO)cc(C(F)(F)F)n1. The van der Waals surface area contributed by atoms with Crippen LogP contribution in [0, 0.1) is 0 Å². The van der Waals surface area contributed by atoms with E-state index in [2.05, 4.69) is 20.6 Å². The van der Waals surface area contributed by atoms with Crippen molar-refractivity contribution in [3.63, 3.8) is 0 Å². The molecule has 0 aromatic carbocycles. The third kappa shape index (κ3) is 4.82. The molecular formula is C11H17F3N4O2. The number of hydrogen-bond acceptors (Lipinski definition) is 6. The Bertz CT molecular complexity index is 425. The van der Waals surface area contributed by atoms with E-state index in [9.17, 15) is 13.2 Å². The van der Waals surface area contributed by atoms with Gasteiger partial charge in [-0.15, -0.1) is 0 Å². The second-order valence-electron chi connectivity index (χ2n) is 4.09. The molecule has 9 heteroatoms. The quantitative estimate of drug-likeness (QED) is 0.602. The van der Waals surface area contributed by atoms with E-state index in [1.54, 1.807) is 0 Å². The standard InChI is InChI=1S/C11H17F3N4O2/c1-2-3-15-10-17-8(11(12,13)14)4-9(18-10)16-7(5-19)6-20/h4,7,19-20H,2-3,5-6H2,1H3,(H2,15,16,17,18). The third-order valence-corrected chi connectivity index (χ3v) is 2.34. The van der Waals surface area contributed by atoms with Crippen molar-refractivity contribution in [1.82, 2.24) is 9.97 Å². The molecule has 0 aliphatic carbocycles. The van der Waals surface area contributed by atoms with Crippen LogP contribution >= 0.6 is 0 Å². The van der Waals surface area contributed by atoms with E-state index in [1.807, 2.05) is 6.92 Å². The van der Waals surface area contributed by atoms with Crippen molar-refractivity contribution < 1.29 is 23.4 Å². The Balaban J connectivity index is 3.03. The Kier molecular flexibility index (Phi) is 5.96. The largest absolute Gasteiger partial charge is 0.433 e. The van der Waals surface area contributed by atoms with Crippen LogP contribution in [0.1, 0.15) is 19.0 Å². The molecule has 0 saturated heterocycles. The maximum Gasteiger partial charge on any atom is 0.433 e. The minimum Gasteiger partial charge on any atom is -0.394 e. The van der Waals surface area contributed by atoms with E-state index in [-0.39, 0.29) is 11.8 Å². The zero-order valence-electron chi connectivity index (χ0n) is 10.9. The van der Waals surface area contributed by atoms with E-state index in [4.69, 9.17) is 10.2 Å². The van der Waals surface area contributed by atoms with Crippen LogP contribution in [0.25, 0.3) is 0 Å². The van der Waals surface area contributed by atoms with Gasteiger partial charge in [0.15, 0.2) is 5.69 Å². The molecule has 4 N–H and O–H groups in total. The van der Waals surface area contributed by atoms with E-state index in [0.717, 1.165) is 6.07 Å². The van der Waals surface area contributed by atoms with Crippen molar-refractivity contribution in [3.8, 4) is 0 Å². The van der Waals surface area contributed by atoms with Crippen LogP contribution in [0.3, 0.4) is 0 Å². The summed E-state index contributed by atoms with van der Waals surface area (Å²) in [6.07, 6.45) is -3.89. The van der Waals surface area contributed by atoms with Crippen molar-refractivity contribution >= 4 is 11.8 Å². The number of anilines is 2. The van der Waals surface area contributed by atoms with Gasteiger partial charge in [-0.05, 0) is 6.42 Å². The Labute approximate surface area is 114 Å². The van der Waals surface area contributed by atoms with Gasteiger partial charge in [0.05, 0.1) is 19.3 Å². The lowest BCUT2D eigenvalue weighted by atomic mass is 10.3. The molecule has 1 aromatic rings. The number of aromatic nitrogens is 2.